The fourth-order valence-electron chi connectivity index (χ4n) is 4.60. The Morgan fingerprint density at radius 3 is 2.65 bits per heavy atom. The second-order valence-electron chi connectivity index (χ2n) is 8.91. The summed E-state index contributed by atoms with van der Waals surface area (Å²) in [5, 5.41) is 3.46. The van der Waals surface area contributed by atoms with Crippen LogP contribution in [-0.2, 0) is 34.3 Å². The molecule has 3 aromatic rings. The lowest BCUT2D eigenvalue weighted by Gasteiger charge is -2.25. The first-order valence-electron chi connectivity index (χ1n) is 11.5. The Labute approximate surface area is 204 Å². The van der Waals surface area contributed by atoms with Gasteiger partial charge in [0, 0.05) is 37.5 Å². The van der Waals surface area contributed by atoms with Crippen molar-refractivity contribution in [3.63, 3.8) is 0 Å². The number of sulfonamides is 1. The van der Waals surface area contributed by atoms with Crippen LogP contribution in [0.1, 0.15) is 34.5 Å². The van der Waals surface area contributed by atoms with Gasteiger partial charge in [-0.05, 0) is 37.5 Å². The lowest BCUT2D eigenvalue weighted by molar-refractivity contribution is -0.119. The maximum absolute atomic E-state index is 13.2. The summed E-state index contributed by atoms with van der Waals surface area (Å²) in [4.78, 5) is 21.5. The fourth-order valence-corrected chi connectivity index (χ4v) is 7.31. The first-order chi connectivity index (χ1) is 16.4. The summed E-state index contributed by atoms with van der Waals surface area (Å²) in [6.45, 7) is 4.86. The third kappa shape index (κ3) is 4.79. The second-order valence-corrected chi connectivity index (χ2v) is 11.9. The van der Waals surface area contributed by atoms with Gasteiger partial charge in [0.2, 0.25) is 15.9 Å². The zero-order valence-electron chi connectivity index (χ0n) is 19.1. The Morgan fingerprint density at radius 2 is 1.88 bits per heavy atom. The molecule has 2 aliphatic rings. The molecule has 34 heavy (non-hydrogen) atoms. The van der Waals surface area contributed by atoms with Crippen LogP contribution in [0.3, 0.4) is 0 Å². The van der Waals surface area contributed by atoms with Gasteiger partial charge in [0.25, 0.3) is 0 Å². The van der Waals surface area contributed by atoms with Crippen LogP contribution >= 0.6 is 11.3 Å². The van der Waals surface area contributed by atoms with Crippen LogP contribution in [0.5, 0.6) is 0 Å². The minimum atomic E-state index is -3.73. The summed E-state index contributed by atoms with van der Waals surface area (Å²) in [5.74, 6) is -0.305. The molecule has 7 nitrogen and oxygen atoms in total. The summed E-state index contributed by atoms with van der Waals surface area (Å²) in [6.07, 6.45) is 2.00. The molecule has 1 atom stereocenters. The molecule has 1 unspecified atom stereocenters. The predicted molar refractivity (Wildman–Crippen MR) is 133 cm³/mol. The number of aryl methyl sites for hydroxylation is 1. The lowest BCUT2D eigenvalue weighted by Crippen LogP contribution is -2.43. The Kier molecular flexibility index (Phi) is 6.52. The van der Waals surface area contributed by atoms with E-state index in [-0.39, 0.29) is 10.8 Å². The molecule has 1 amide bonds. The monoisotopic (exact) mass is 496 g/mol. The molecule has 0 aliphatic carbocycles. The predicted octanol–water partition coefficient (Wildman–Crippen LogP) is 3.80. The van der Waals surface area contributed by atoms with Crippen LogP contribution in [0.4, 0.5) is 5.13 Å². The number of amides is 1. The Hall–Kier alpha value is -2.59. The van der Waals surface area contributed by atoms with Gasteiger partial charge >= 0.3 is 0 Å². The number of nitrogens with one attached hydrogen (secondary N) is 1. The minimum absolute atomic E-state index is 0.223. The van der Waals surface area contributed by atoms with Crippen molar-refractivity contribution in [3.05, 3.63) is 76.3 Å². The average molecular weight is 497 g/mol. The maximum atomic E-state index is 13.2. The molecule has 1 saturated heterocycles. The molecule has 0 saturated carbocycles. The van der Waals surface area contributed by atoms with Crippen LogP contribution in [0.2, 0.25) is 0 Å². The van der Waals surface area contributed by atoms with Crippen molar-refractivity contribution < 1.29 is 13.2 Å². The number of thiazole rings is 1. The van der Waals surface area contributed by atoms with Gasteiger partial charge in [0.1, 0.15) is 6.04 Å². The molecule has 2 aromatic carbocycles. The van der Waals surface area contributed by atoms with Crippen LogP contribution in [0.15, 0.2) is 59.5 Å². The Balaban J connectivity index is 1.26. The zero-order chi connectivity index (χ0) is 23.7. The van der Waals surface area contributed by atoms with Crippen molar-refractivity contribution in [3.8, 4) is 0 Å². The van der Waals surface area contributed by atoms with Gasteiger partial charge in [0.15, 0.2) is 5.13 Å². The number of anilines is 1. The highest BCUT2D eigenvalue weighted by Crippen LogP contribution is 2.31. The van der Waals surface area contributed by atoms with Gasteiger partial charge in [-0.25, -0.2) is 13.4 Å². The van der Waals surface area contributed by atoms with Gasteiger partial charge in [-0.3, -0.25) is 9.69 Å². The minimum Gasteiger partial charge on any atom is -0.301 e. The molecule has 1 aromatic heterocycles. The van der Waals surface area contributed by atoms with E-state index >= 15 is 0 Å². The third-order valence-electron chi connectivity index (χ3n) is 6.42. The number of aromatic nitrogens is 1. The quantitative estimate of drug-likeness (QED) is 0.561. The number of hydrogen-bond donors (Lipinski definition) is 1. The van der Waals surface area contributed by atoms with E-state index in [2.05, 4.69) is 39.5 Å². The summed E-state index contributed by atoms with van der Waals surface area (Å²) >= 11 is 1.49. The highest BCUT2D eigenvalue weighted by atomic mass is 32.2. The standard InChI is InChI=1S/C25H28N4O3S2/c1-18-9-11-20(12-10-18)34(31,32)29-14-5-8-22(29)24(30)27-25-26-21-13-15-28(17-23(21)33-25)16-19-6-3-2-4-7-19/h2-4,6-7,9-12,22H,5,8,13-17H2,1H3,(H,26,27,30). The van der Waals surface area contributed by atoms with E-state index in [1.807, 2.05) is 13.0 Å². The number of carbonyl (C=O) groups excluding carboxylic acids is 1. The summed E-state index contributed by atoms with van der Waals surface area (Å²) in [7, 11) is -3.73. The van der Waals surface area contributed by atoms with Gasteiger partial charge in [-0.15, -0.1) is 11.3 Å². The molecule has 1 fully saturated rings. The van der Waals surface area contributed by atoms with Crippen LogP contribution in [0, 0.1) is 6.92 Å². The maximum Gasteiger partial charge on any atom is 0.244 e. The number of nitrogens with zero attached hydrogens (tertiary/aromatic N) is 3. The SMILES string of the molecule is Cc1ccc(S(=O)(=O)N2CCCC2C(=O)Nc2nc3c(s2)CN(Cc2ccccc2)CC3)cc1. The number of hydrogen-bond acceptors (Lipinski definition) is 6. The van der Waals surface area contributed by atoms with Crippen molar-refractivity contribution in [2.24, 2.45) is 0 Å². The molecule has 5 rings (SSSR count). The van der Waals surface area contributed by atoms with Crippen LogP contribution in [0.25, 0.3) is 0 Å². The zero-order valence-corrected chi connectivity index (χ0v) is 20.7. The third-order valence-corrected chi connectivity index (χ3v) is 9.34. The first kappa shape index (κ1) is 23.2. The smallest absolute Gasteiger partial charge is 0.244 e. The number of fused-ring (bicyclic) bond motifs is 1. The molecule has 178 valence electrons. The highest BCUT2D eigenvalue weighted by Gasteiger charge is 2.39. The normalized spacial score (nSPS) is 19.1. The van der Waals surface area contributed by atoms with Crippen molar-refractivity contribution in [1.29, 1.82) is 0 Å². The van der Waals surface area contributed by atoms with Crippen LogP contribution < -0.4 is 5.32 Å². The molecule has 0 radical (unpaired) electrons. The van der Waals surface area contributed by atoms with Gasteiger partial charge in [0.05, 0.1) is 10.6 Å². The van der Waals surface area contributed by atoms with Crippen molar-refractivity contribution in [1.82, 2.24) is 14.2 Å². The van der Waals surface area contributed by atoms with E-state index in [4.69, 9.17) is 0 Å². The molecular weight excluding hydrogens is 468 g/mol. The number of rotatable bonds is 6. The molecule has 2 aliphatic heterocycles. The molecule has 3 heterocycles. The van der Waals surface area contributed by atoms with Gasteiger partial charge < -0.3 is 5.32 Å². The van der Waals surface area contributed by atoms with E-state index in [0.717, 1.165) is 42.2 Å². The van der Waals surface area contributed by atoms with E-state index in [9.17, 15) is 13.2 Å². The van der Waals surface area contributed by atoms with E-state index in [1.54, 1.807) is 24.3 Å². The summed E-state index contributed by atoms with van der Waals surface area (Å²) < 4.78 is 27.7. The summed E-state index contributed by atoms with van der Waals surface area (Å²) in [6, 6.07) is 16.4. The van der Waals surface area contributed by atoms with Crippen molar-refractivity contribution in [2.45, 2.75) is 50.2 Å². The Bertz CT molecular complexity index is 1270. The lowest BCUT2D eigenvalue weighted by atomic mass is 10.1. The largest absolute Gasteiger partial charge is 0.301 e. The van der Waals surface area contributed by atoms with E-state index < -0.39 is 16.1 Å². The van der Waals surface area contributed by atoms with Crippen molar-refractivity contribution >= 4 is 32.4 Å². The van der Waals surface area contributed by atoms with Crippen LogP contribution in [-0.4, -0.2) is 47.6 Å². The molecule has 1 N–H and O–H groups in total. The van der Waals surface area contributed by atoms with E-state index in [1.165, 1.54) is 21.2 Å². The van der Waals surface area contributed by atoms with E-state index in [0.29, 0.717) is 24.5 Å². The molecule has 0 bridgehead atoms. The highest BCUT2D eigenvalue weighted by molar-refractivity contribution is 7.89. The van der Waals surface area contributed by atoms with Crippen molar-refractivity contribution in [2.75, 3.05) is 18.4 Å². The fraction of sp³-hybridized carbons (Fsp3) is 0.360. The summed E-state index contributed by atoms with van der Waals surface area (Å²) in [5.41, 5.74) is 3.30. The molecule has 9 heteroatoms. The second kappa shape index (κ2) is 9.58. The van der Waals surface area contributed by atoms with Gasteiger partial charge in [-0.1, -0.05) is 48.0 Å². The number of benzene rings is 2. The van der Waals surface area contributed by atoms with Gasteiger partial charge in [-0.2, -0.15) is 4.31 Å². The number of carbonyl (C=O) groups is 1. The Morgan fingerprint density at radius 1 is 1.12 bits per heavy atom. The topological polar surface area (TPSA) is 82.6 Å². The first-order valence-corrected chi connectivity index (χ1v) is 13.8. The molecule has 0 spiro atoms. The molecular formula is C25H28N4O3S2. The average Bonchev–Trinajstić information content (AvgIpc) is 3.47.